The number of halogens is 1. The summed E-state index contributed by atoms with van der Waals surface area (Å²) in [5.41, 5.74) is 0. The molecule has 0 aromatic heterocycles. The van der Waals surface area contributed by atoms with E-state index in [0.29, 0.717) is 0 Å². The molecule has 3 nitrogen and oxygen atoms in total. The highest BCUT2D eigenvalue weighted by atomic mass is 127. The second-order valence-electron chi connectivity index (χ2n) is 5.76. The summed E-state index contributed by atoms with van der Waals surface area (Å²) < 4.78 is 1.18. The summed E-state index contributed by atoms with van der Waals surface area (Å²) in [6.45, 7) is 9.18. The molecular formula is C12H25IN3+. The molecule has 2 heterocycles. The molecule has 2 aliphatic heterocycles. The minimum atomic E-state index is 0.960. The van der Waals surface area contributed by atoms with Crippen LogP contribution in [0, 0.1) is 5.92 Å². The van der Waals surface area contributed by atoms with Gasteiger partial charge in [0, 0.05) is 19.6 Å². The molecule has 2 fully saturated rings. The van der Waals surface area contributed by atoms with Crippen molar-refractivity contribution in [3.05, 3.63) is 0 Å². The third-order valence-electron chi connectivity index (χ3n) is 4.12. The first-order chi connectivity index (χ1) is 7.55. The van der Waals surface area contributed by atoms with Gasteiger partial charge < -0.3 is 4.90 Å². The molecule has 0 N–H and O–H groups in total. The molecule has 16 heavy (non-hydrogen) atoms. The SMILES string of the molecule is CN1CCC(CN2CC[N+](C)(I)CC2)CC1. The molecule has 4 heteroatoms. The Labute approximate surface area is 114 Å². The van der Waals surface area contributed by atoms with Crippen LogP contribution in [0.2, 0.25) is 0 Å². The van der Waals surface area contributed by atoms with E-state index < -0.39 is 0 Å². The summed E-state index contributed by atoms with van der Waals surface area (Å²) in [4.78, 5) is 5.15. The molecular weight excluding hydrogens is 313 g/mol. The third-order valence-corrected chi connectivity index (χ3v) is 5.08. The van der Waals surface area contributed by atoms with E-state index in [9.17, 15) is 0 Å². The Kier molecular flexibility index (Phi) is 4.49. The Hall–Kier alpha value is 0.610. The topological polar surface area (TPSA) is 6.48 Å². The molecule has 0 spiro atoms. The highest BCUT2D eigenvalue weighted by Gasteiger charge is 2.28. The molecule has 0 unspecified atom stereocenters. The van der Waals surface area contributed by atoms with Gasteiger partial charge in [0.2, 0.25) is 22.9 Å². The molecule has 0 saturated carbocycles. The van der Waals surface area contributed by atoms with Crippen LogP contribution >= 0.6 is 22.9 Å². The summed E-state index contributed by atoms with van der Waals surface area (Å²) in [5, 5.41) is 0. The van der Waals surface area contributed by atoms with E-state index in [-0.39, 0.29) is 0 Å². The van der Waals surface area contributed by atoms with Crippen molar-refractivity contribution in [1.29, 1.82) is 0 Å². The van der Waals surface area contributed by atoms with Crippen LogP contribution in [0.3, 0.4) is 0 Å². The second-order valence-corrected chi connectivity index (χ2v) is 8.09. The summed E-state index contributed by atoms with van der Waals surface area (Å²) in [6.07, 6.45) is 2.81. The fraction of sp³-hybridized carbons (Fsp3) is 1.00. The Balaban J connectivity index is 1.71. The predicted molar refractivity (Wildman–Crippen MR) is 76.6 cm³/mol. The molecule has 0 aromatic rings. The largest absolute Gasteiger partial charge is 0.306 e. The van der Waals surface area contributed by atoms with Gasteiger partial charge >= 0.3 is 0 Å². The van der Waals surface area contributed by atoms with Crippen LogP contribution in [0.15, 0.2) is 0 Å². The van der Waals surface area contributed by atoms with E-state index in [1.807, 2.05) is 0 Å². The zero-order valence-electron chi connectivity index (χ0n) is 10.7. The number of piperazine rings is 1. The summed E-state index contributed by atoms with van der Waals surface area (Å²) in [6, 6.07) is 0. The maximum absolute atomic E-state index is 2.69. The molecule has 0 bridgehead atoms. The van der Waals surface area contributed by atoms with Gasteiger partial charge in [-0.05, 0) is 38.9 Å². The van der Waals surface area contributed by atoms with Crippen molar-refractivity contribution >= 4 is 22.9 Å². The molecule has 0 aromatic carbocycles. The van der Waals surface area contributed by atoms with Gasteiger partial charge in [0.15, 0.2) is 0 Å². The second kappa shape index (κ2) is 5.50. The predicted octanol–water partition coefficient (Wildman–Crippen LogP) is 1.44. The van der Waals surface area contributed by atoms with Crippen molar-refractivity contribution in [3.63, 3.8) is 0 Å². The molecule has 2 aliphatic rings. The number of hydrogen-bond acceptors (Lipinski definition) is 2. The fourth-order valence-electron chi connectivity index (χ4n) is 2.72. The monoisotopic (exact) mass is 338 g/mol. The van der Waals surface area contributed by atoms with Crippen LogP contribution in [0.1, 0.15) is 12.8 Å². The highest BCUT2D eigenvalue weighted by Crippen LogP contribution is 2.21. The Morgan fingerprint density at radius 3 is 2.25 bits per heavy atom. The first-order valence-corrected chi connectivity index (χ1v) is 7.47. The van der Waals surface area contributed by atoms with Gasteiger partial charge in [0.25, 0.3) is 0 Å². The lowest BCUT2D eigenvalue weighted by Crippen LogP contribution is -2.52. The van der Waals surface area contributed by atoms with Crippen molar-refractivity contribution in [3.8, 4) is 0 Å². The molecule has 0 atom stereocenters. The van der Waals surface area contributed by atoms with Crippen molar-refractivity contribution in [2.24, 2.45) is 5.92 Å². The normalized spacial score (nSPS) is 29.4. The van der Waals surface area contributed by atoms with Crippen LogP contribution in [0.5, 0.6) is 0 Å². The van der Waals surface area contributed by atoms with Gasteiger partial charge in [-0.15, -0.1) is 0 Å². The van der Waals surface area contributed by atoms with E-state index in [2.05, 4.69) is 46.8 Å². The quantitative estimate of drug-likeness (QED) is 0.555. The number of quaternary nitrogens is 1. The Morgan fingerprint density at radius 2 is 1.69 bits per heavy atom. The lowest BCUT2D eigenvalue weighted by atomic mass is 9.96. The number of nitrogens with zero attached hydrogens (tertiary/aromatic N) is 3. The van der Waals surface area contributed by atoms with Gasteiger partial charge in [0.1, 0.15) is 0 Å². The summed E-state index contributed by atoms with van der Waals surface area (Å²) >= 11 is 2.58. The number of likely N-dealkylation sites (N-methyl/N-ethyl adjacent to an activating group) is 1. The van der Waals surface area contributed by atoms with Crippen molar-refractivity contribution in [2.75, 3.05) is 59.9 Å². The molecule has 0 amide bonds. The first-order valence-electron chi connectivity index (χ1n) is 6.50. The van der Waals surface area contributed by atoms with Gasteiger partial charge in [-0.2, -0.15) is 0 Å². The zero-order valence-corrected chi connectivity index (χ0v) is 12.8. The van der Waals surface area contributed by atoms with Crippen LogP contribution < -0.4 is 0 Å². The van der Waals surface area contributed by atoms with Crippen LogP contribution in [-0.2, 0) is 0 Å². The van der Waals surface area contributed by atoms with Gasteiger partial charge in [-0.1, -0.05) is 0 Å². The fourth-order valence-corrected chi connectivity index (χ4v) is 3.15. The lowest BCUT2D eigenvalue weighted by Gasteiger charge is -2.39. The molecule has 2 saturated heterocycles. The summed E-state index contributed by atoms with van der Waals surface area (Å²) in [7, 11) is 4.59. The maximum atomic E-state index is 2.69. The average Bonchev–Trinajstić information content (AvgIpc) is 2.24. The van der Waals surface area contributed by atoms with E-state index in [1.165, 1.54) is 61.4 Å². The van der Waals surface area contributed by atoms with Crippen LogP contribution in [0.25, 0.3) is 0 Å². The van der Waals surface area contributed by atoms with Gasteiger partial charge in [-0.3, -0.25) is 7.60 Å². The van der Waals surface area contributed by atoms with Crippen molar-refractivity contribution in [2.45, 2.75) is 12.8 Å². The van der Waals surface area contributed by atoms with E-state index in [4.69, 9.17) is 0 Å². The van der Waals surface area contributed by atoms with E-state index >= 15 is 0 Å². The Bertz CT molecular complexity index is 214. The first kappa shape index (κ1) is 13.1. The van der Waals surface area contributed by atoms with Gasteiger partial charge in [-0.25, -0.2) is 0 Å². The van der Waals surface area contributed by atoms with E-state index in [0.717, 1.165) is 5.92 Å². The number of hydrogen-bond donors (Lipinski definition) is 0. The molecule has 0 aliphatic carbocycles. The minimum Gasteiger partial charge on any atom is -0.306 e. The van der Waals surface area contributed by atoms with Crippen LogP contribution in [-0.4, -0.2) is 72.4 Å². The number of rotatable bonds is 2. The average molecular weight is 338 g/mol. The van der Waals surface area contributed by atoms with Crippen molar-refractivity contribution in [1.82, 2.24) is 9.80 Å². The molecule has 0 radical (unpaired) electrons. The van der Waals surface area contributed by atoms with Crippen LogP contribution in [0.4, 0.5) is 0 Å². The molecule has 94 valence electrons. The van der Waals surface area contributed by atoms with Crippen molar-refractivity contribution < 1.29 is 2.70 Å². The standard InChI is InChI=1S/C12H25IN3/c1-14-5-3-12(4-6-14)11-15-7-9-16(2,13)10-8-15/h12H,3-11H2,1-2H3/q+1. The third kappa shape index (κ3) is 3.82. The Morgan fingerprint density at radius 1 is 1.12 bits per heavy atom. The summed E-state index contributed by atoms with van der Waals surface area (Å²) in [5.74, 6) is 0.960. The van der Waals surface area contributed by atoms with Gasteiger partial charge in [0.05, 0.1) is 20.1 Å². The smallest absolute Gasteiger partial charge is 0.248 e. The van der Waals surface area contributed by atoms with E-state index in [1.54, 1.807) is 0 Å². The number of piperidine rings is 1. The molecule has 2 rings (SSSR count). The number of likely N-dealkylation sites (tertiary alicyclic amines) is 1. The lowest BCUT2D eigenvalue weighted by molar-refractivity contribution is -0.737. The minimum absolute atomic E-state index is 0.960. The maximum Gasteiger partial charge on any atom is 0.248 e. The highest BCUT2D eigenvalue weighted by molar-refractivity contribution is 14.1. The zero-order chi connectivity index (χ0) is 11.6.